The first-order chi connectivity index (χ1) is 16.1. The van der Waals surface area contributed by atoms with Crippen molar-refractivity contribution in [1.82, 2.24) is 29.7 Å². The fraction of sp³-hybridized carbons (Fsp3) is 0.375. The van der Waals surface area contributed by atoms with Crippen LogP contribution >= 0.6 is 0 Å². The molecule has 0 atom stereocenters. The predicted octanol–water partition coefficient (Wildman–Crippen LogP) is 1.84. The van der Waals surface area contributed by atoms with Crippen LogP contribution in [0.3, 0.4) is 0 Å². The first kappa shape index (κ1) is 21.3. The molecule has 2 aromatic heterocycles. The van der Waals surface area contributed by atoms with Gasteiger partial charge < -0.3 is 15.0 Å². The van der Waals surface area contributed by atoms with Crippen LogP contribution in [0.4, 0.5) is 0 Å². The summed E-state index contributed by atoms with van der Waals surface area (Å²) < 4.78 is 0. The number of hydrogen-bond acceptors (Lipinski definition) is 7. The van der Waals surface area contributed by atoms with Crippen LogP contribution < -0.4 is 5.56 Å². The van der Waals surface area contributed by atoms with Crippen LogP contribution in [0.25, 0.3) is 0 Å². The van der Waals surface area contributed by atoms with E-state index in [1.807, 2.05) is 18.2 Å². The lowest BCUT2D eigenvalue weighted by Gasteiger charge is -2.32. The number of fused-ring (bicyclic) bond motifs is 1. The summed E-state index contributed by atoms with van der Waals surface area (Å²) >= 11 is 0. The van der Waals surface area contributed by atoms with Gasteiger partial charge in [0.25, 0.3) is 11.5 Å². The predicted molar refractivity (Wildman–Crippen MR) is 121 cm³/mol. The molecule has 1 fully saturated rings. The van der Waals surface area contributed by atoms with E-state index in [0.29, 0.717) is 30.8 Å². The quantitative estimate of drug-likeness (QED) is 0.628. The summed E-state index contributed by atoms with van der Waals surface area (Å²) in [4.78, 5) is 45.3. The first-order valence-corrected chi connectivity index (χ1v) is 11.2. The maximum Gasteiger partial charge on any atom is 0.274 e. The van der Waals surface area contributed by atoms with Gasteiger partial charge in [-0.3, -0.25) is 19.5 Å². The normalized spacial score (nSPS) is 17.0. The van der Waals surface area contributed by atoms with Crippen molar-refractivity contribution in [2.75, 3.05) is 19.6 Å². The second-order valence-electron chi connectivity index (χ2n) is 8.62. The average Bonchev–Trinajstić information content (AvgIpc) is 2.86. The third kappa shape index (κ3) is 4.49. The number of H-pyrrole nitrogens is 1. The Labute approximate surface area is 191 Å². The van der Waals surface area contributed by atoms with Crippen molar-refractivity contribution in [2.24, 2.45) is 0 Å². The number of phenolic OH excluding ortho intramolecular Hbond substituents is 1. The van der Waals surface area contributed by atoms with Gasteiger partial charge in [0, 0.05) is 43.4 Å². The molecule has 3 aromatic rings. The molecule has 0 spiro atoms. The minimum absolute atomic E-state index is 0.164. The number of piperidine rings is 1. The van der Waals surface area contributed by atoms with E-state index < -0.39 is 0 Å². The molecule has 2 N–H and O–H groups in total. The molecular formula is C24H26N6O3. The highest BCUT2D eigenvalue weighted by molar-refractivity contribution is 5.92. The van der Waals surface area contributed by atoms with Gasteiger partial charge in [-0.1, -0.05) is 18.2 Å². The van der Waals surface area contributed by atoms with Crippen molar-refractivity contribution in [3.63, 3.8) is 0 Å². The zero-order valence-electron chi connectivity index (χ0n) is 18.3. The zero-order valence-corrected chi connectivity index (χ0v) is 18.3. The van der Waals surface area contributed by atoms with Crippen molar-refractivity contribution >= 4 is 5.91 Å². The minimum atomic E-state index is -0.228. The smallest absolute Gasteiger partial charge is 0.274 e. The molecule has 0 saturated carbocycles. The minimum Gasteiger partial charge on any atom is -0.508 e. The number of likely N-dealkylation sites (tertiary alicyclic amines) is 1. The molecule has 0 radical (unpaired) electrons. The summed E-state index contributed by atoms with van der Waals surface area (Å²) in [6.45, 7) is 3.19. The number of amides is 1. The van der Waals surface area contributed by atoms with Crippen LogP contribution in [-0.4, -0.2) is 60.4 Å². The van der Waals surface area contributed by atoms with Gasteiger partial charge >= 0.3 is 0 Å². The second kappa shape index (κ2) is 9.11. The van der Waals surface area contributed by atoms with Gasteiger partial charge in [-0.05, 0) is 32.0 Å². The van der Waals surface area contributed by atoms with Crippen LogP contribution in [0.2, 0.25) is 0 Å². The number of phenols is 1. The number of aromatic amines is 1. The molecule has 0 unspecified atom stereocenters. The zero-order chi connectivity index (χ0) is 22.8. The van der Waals surface area contributed by atoms with Crippen molar-refractivity contribution in [3.05, 3.63) is 81.5 Å². The van der Waals surface area contributed by atoms with Crippen molar-refractivity contribution < 1.29 is 9.90 Å². The number of aromatic nitrogens is 4. The van der Waals surface area contributed by atoms with Crippen molar-refractivity contribution in [1.29, 1.82) is 0 Å². The highest BCUT2D eigenvalue weighted by Crippen LogP contribution is 2.28. The molecule has 1 amide bonds. The van der Waals surface area contributed by atoms with Crippen LogP contribution in [0.5, 0.6) is 5.75 Å². The van der Waals surface area contributed by atoms with Gasteiger partial charge in [0.15, 0.2) is 0 Å². The molecule has 1 aromatic carbocycles. The average molecular weight is 447 g/mol. The van der Waals surface area contributed by atoms with Crippen LogP contribution in [0.15, 0.2) is 47.7 Å². The number of carbonyl (C=O) groups is 1. The number of aromatic hydroxyl groups is 1. The Morgan fingerprint density at radius 3 is 2.73 bits per heavy atom. The Hall–Kier alpha value is -3.59. The van der Waals surface area contributed by atoms with Crippen molar-refractivity contribution in [3.8, 4) is 5.75 Å². The fourth-order valence-electron chi connectivity index (χ4n) is 4.63. The Balaban J connectivity index is 1.25. The van der Waals surface area contributed by atoms with Gasteiger partial charge in [0.05, 0.1) is 24.0 Å². The number of benzene rings is 1. The standard InChI is InChI=1S/C24H26N6O3/c31-21-4-2-1-3-17(21)14-29-10-5-16(6-11-29)22-27-19-7-12-30(15-18(19)23(32)28-22)24(33)20-13-25-8-9-26-20/h1-4,8-9,13,16,31H,5-7,10-12,14-15H2,(H,27,28,32). The molecule has 4 heterocycles. The van der Waals surface area contributed by atoms with E-state index in [4.69, 9.17) is 4.98 Å². The van der Waals surface area contributed by atoms with Crippen LogP contribution in [0, 0.1) is 0 Å². The molecule has 2 aliphatic rings. The van der Waals surface area contributed by atoms with Crippen molar-refractivity contribution in [2.45, 2.75) is 38.3 Å². The highest BCUT2D eigenvalue weighted by atomic mass is 16.3. The molecule has 33 heavy (non-hydrogen) atoms. The van der Waals surface area contributed by atoms with E-state index >= 15 is 0 Å². The molecule has 170 valence electrons. The Morgan fingerprint density at radius 1 is 1.15 bits per heavy atom. The number of para-hydroxylation sites is 1. The fourth-order valence-corrected chi connectivity index (χ4v) is 4.63. The number of carbonyl (C=O) groups excluding carboxylic acids is 1. The van der Waals surface area contributed by atoms with E-state index in [0.717, 1.165) is 43.0 Å². The topological polar surface area (TPSA) is 115 Å². The third-order valence-electron chi connectivity index (χ3n) is 6.52. The van der Waals surface area contributed by atoms with E-state index in [-0.39, 0.29) is 29.6 Å². The maximum absolute atomic E-state index is 12.9. The van der Waals surface area contributed by atoms with E-state index in [1.54, 1.807) is 11.0 Å². The summed E-state index contributed by atoms with van der Waals surface area (Å²) in [5.74, 6) is 1.04. The molecule has 9 heteroatoms. The highest BCUT2D eigenvalue weighted by Gasteiger charge is 2.28. The monoisotopic (exact) mass is 446 g/mol. The molecular weight excluding hydrogens is 420 g/mol. The second-order valence-corrected chi connectivity index (χ2v) is 8.62. The van der Waals surface area contributed by atoms with Crippen LogP contribution in [-0.2, 0) is 19.5 Å². The Morgan fingerprint density at radius 2 is 1.97 bits per heavy atom. The summed E-state index contributed by atoms with van der Waals surface area (Å²) in [6.07, 6.45) is 6.78. The van der Waals surface area contributed by atoms with E-state index in [2.05, 4.69) is 19.9 Å². The number of rotatable bonds is 4. The summed E-state index contributed by atoms with van der Waals surface area (Å²) in [7, 11) is 0. The lowest BCUT2D eigenvalue weighted by molar-refractivity contribution is 0.0726. The first-order valence-electron chi connectivity index (χ1n) is 11.2. The van der Waals surface area contributed by atoms with Gasteiger partial charge in [-0.25, -0.2) is 9.97 Å². The molecule has 0 bridgehead atoms. The van der Waals surface area contributed by atoms with E-state index in [1.165, 1.54) is 18.6 Å². The Bertz CT molecular complexity index is 1200. The molecule has 5 rings (SSSR count). The number of nitrogens with zero attached hydrogens (tertiary/aromatic N) is 5. The SMILES string of the molecule is O=C(c1cnccn1)N1CCc2nc(C3CCN(Cc4ccccc4O)CC3)[nH]c(=O)c2C1. The lowest BCUT2D eigenvalue weighted by atomic mass is 9.95. The largest absolute Gasteiger partial charge is 0.508 e. The number of nitrogens with one attached hydrogen (secondary N) is 1. The number of hydrogen-bond donors (Lipinski definition) is 2. The molecule has 9 nitrogen and oxygen atoms in total. The van der Waals surface area contributed by atoms with Crippen LogP contribution in [0.1, 0.15) is 51.9 Å². The molecule has 0 aliphatic carbocycles. The molecule has 1 saturated heterocycles. The van der Waals surface area contributed by atoms with E-state index in [9.17, 15) is 14.7 Å². The summed E-state index contributed by atoms with van der Waals surface area (Å²) in [6, 6.07) is 7.42. The van der Waals surface area contributed by atoms with Gasteiger partial charge in [0.1, 0.15) is 17.3 Å². The Kier molecular flexibility index (Phi) is 5.87. The third-order valence-corrected chi connectivity index (χ3v) is 6.52. The van der Waals surface area contributed by atoms with Gasteiger partial charge in [0.2, 0.25) is 0 Å². The summed E-state index contributed by atoms with van der Waals surface area (Å²) in [5.41, 5.74) is 2.38. The van der Waals surface area contributed by atoms with Gasteiger partial charge in [-0.2, -0.15) is 0 Å². The maximum atomic E-state index is 12.9. The molecule has 2 aliphatic heterocycles. The summed E-state index contributed by atoms with van der Waals surface area (Å²) in [5, 5.41) is 10.0. The van der Waals surface area contributed by atoms with Gasteiger partial charge in [-0.15, -0.1) is 0 Å². The lowest BCUT2D eigenvalue weighted by Crippen LogP contribution is -2.40.